The van der Waals surface area contributed by atoms with Crippen LogP contribution in [-0.4, -0.2) is 29.0 Å². The number of amides is 1. The molecule has 3 heterocycles. The number of carbonyl (C=O) groups is 1. The van der Waals surface area contributed by atoms with E-state index in [2.05, 4.69) is 46.2 Å². The molecule has 0 spiro atoms. The van der Waals surface area contributed by atoms with Gasteiger partial charge in [0.1, 0.15) is 11.5 Å². The Kier molecular flexibility index (Phi) is 3.92. The predicted molar refractivity (Wildman–Crippen MR) is 101 cm³/mol. The van der Waals surface area contributed by atoms with Crippen molar-refractivity contribution < 1.29 is 4.79 Å². The molecule has 25 heavy (non-hydrogen) atoms. The van der Waals surface area contributed by atoms with Crippen LogP contribution in [0.4, 0.5) is 11.5 Å². The predicted octanol–water partition coefficient (Wildman–Crippen LogP) is 4.03. The van der Waals surface area contributed by atoms with E-state index < -0.39 is 0 Å². The average Bonchev–Trinajstić information content (AvgIpc) is 3.25. The second-order valence-corrected chi connectivity index (χ2v) is 6.78. The molecule has 1 saturated heterocycles. The fourth-order valence-corrected chi connectivity index (χ4v) is 3.53. The van der Waals surface area contributed by atoms with Gasteiger partial charge in [0.05, 0.1) is 11.9 Å². The molecule has 1 aliphatic heterocycles. The lowest BCUT2D eigenvalue weighted by Gasteiger charge is -2.17. The summed E-state index contributed by atoms with van der Waals surface area (Å²) in [5.74, 6) is 0.397. The highest BCUT2D eigenvalue weighted by Crippen LogP contribution is 2.23. The molecule has 5 nitrogen and oxygen atoms in total. The Balaban J connectivity index is 1.52. The zero-order valence-electron chi connectivity index (χ0n) is 14.6. The molecule has 1 fully saturated rings. The van der Waals surface area contributed by atoms with Crippen molar-refractivity contribution in [1.82, 2.24) is 9.97 Å². The van der Waals surface area contributed by atoms with Crippen molar-refractivity contribution in [2.75, 3.05) is 23.3 Å². The van der Waals surface area contributed by atoms with E-state index in [1.54, 1.807) is 0 Å². The maximum Gasteiger partial charge on any atom is 0.273 e. The summed E-state index contributed by atoms with van der Waals surface area (Å²) >= 11 is 0. The number of aryl methyl sites for hydroxylation is 2. The highest BCUT2D eigenvalue weighted by atomic mass is 16.1. The van der Waals surface area contributed by atoms with Gasteiger partial charge in [-0.25, -0.2) is 4.98 Å². The molecule has 1 aromatic carbocycles. The van der Waals surface area contributed by atoms with E-state index in [9.17, 15) is 4.79 Å². The van der Waals surface area contributed by atoms with E-state index >= 15 is 0 Å². The molecular formula is C20H22N4O. The maximum absolute atomic E-state index is 12.5. The summed E-state index contributed by atoms with van der Waals surface area (Å²) < 4.78 is 0. The Morgan fingerprint density at radius 1 is 1.16 bits per heavy atom. The SMILES string of the molecule is Cc1cc(C)c2cc(C(=O)Nc3ccc(N4CCCC4)cn3)[nH]c2c1. The molecule has 0 atom stereocenters. The number of anilines is 2. The molecule has 1 amide bonds. The summed E-state index contributed by atoms with van der Waals surface area (Å²) in [5.41, 5.74) is 5.00. The summed E-state index contributed by atoms with van der Waals surface area (Å²) in [6.45, 7) is 6.28. The summed E-state index contributed by atoms with van der Waals surface area (Å²) in [5, 5.41) is 3.95. The third-order valence-electron chi connectivity index (χ3n) is 4.79. The third-order valence-corrected chi connectivity index (χ3v) is 4.79. The van der Waals surface area contributed by atoms with Gasteiger partial charge in [0.2, 0.25) is 0 Å². The molecule has 0 unspecified atom stereocenters. The topological polar surface area (TPSA) is 61.0 Å². The standard InChI is InChI=1S/C20H22N4O/c1-13-9-14(2)16-11-18(22-17(16)10-13)20(25)23-19-6-5-15(12-21-19)24-7-3-4-8-24/h5-6,9-12,22H,3-4,7-8H2,1-2H3,(H,21,23,25). The van der Waals surface area contributed by atoms with Crippen LogP contribution in [0.5, 0.6) is 0 Å². The average molecular weight is 334 g/mol. The molecule has 128 valence electrons. The van der Waals surface area contributed by atoms with Crippen molar-refractivity contribution in [2.24, 2.45) is 0 Å². The minimum Gasteiger partial charge on any atom is -0.370 e. The summed E-state index contributed by atoms with van der Waals surface area (Å²) in [6, 6.07) is 9.97. The number of pyridine rings is 1. The molecule has 0 aliphatic carbocycles. The van der Waals surface area contributed by atoms with Gasteiger partial charge >= 0.3 is 0 Å². The van der Waals surface area contributed by atoms with Crippen molar-refractivity contribution in [2.45, 2.75) is 26.7 Å². The molecule has 4 rings (SSSR count). The Morgan fingerprint density at radius 3 is 2.68 bits per heavy atom. The molecule has 0 bridgehead atoms. The van der Waals surface area contributed by atoms with Gasteiger partial charge in [-0.2, -0.15) is 0 Å². The molecule has 3 aromatic rings. The molecule has 2 N–H and O–H groups in total. The van der Waals surface area contributed by atoms with Crippen LogP contribution in [0.25, 0.3) is 10.9 Å². The fourth-order valence-electron chi connectivity index (χ4n) is 3.53. The monoisotopic (exact) mass is 334 g/mol. The van der Waals surface area contributed by atoms with Crippen LogP contribution >= 0.6 is 0 Å². The van der Waals surface area contributed by atoms with E-state index in [-0.39, 0.29) is 5.91 Å². The maximum atomic E-state index is 12.5. The number of nitrogens with one attached hydrogen (secondary N) is 2. The number of aromatic amines is 1. The lowest BCUT2D eigenvalue weighted by atomic mass is 10.1. The number of H-pyrrole nitrogens is 1. The van der Waals surface area contributed by atoms with Gasteiger partial charge in [0, 0.05) is 24.0 Å². The van der Waals surface area contributed by atoms with Crippen LogP contribution < -0.4 is 10.2 Å². The minimum atomic E-state index is -0.172. The second kappa shape index (κ2) is 6.24. The molecule has 0 radical (unpaired) electrons. The Labute approximate surface area is 147 Å². The molecule has 5 heteroatoms. The lowest BCUT2D eigenvalue weighted by molar-refractivity contribution is 0.102. The van der Waals surface area contributed by atoms with Crippen molar-refractivity contribution in [3.63, 3.8) is 0 Å². The quantitative estimate of drug-likeness (QED) is 0.760. The van der Waals surface area contributed by atoms with Gasteiger partial charge in [-0.05, 0) is 62.1 Å². The Hall–Kier alpha value is -2.82. The smallest absolute Gasteiger partial charge is 0.273 e. The number of nitrogens with zero attached hydrogens (tertiary/aromatic N) is 2. The van der Waals surface area contributed by atoms with Crippen molar-refractivity contribution >= 4 is 28.3 Å². The normalized spacial score (nSPS) is 14.2. The molecule has 1 aliphatic rings. The molecule has 0 saturated carbocycles. The highest BCUT2D eigenvalue weighted by molar-refractivity contribution is 6.06. The first-order chi connectivity index (χ1) is 12.1. The second-order valence-electron chi connectivity index (χ2n) is 6.78. The van der Waals surface area contributed by atoms with Gasteiger partial charge in [-0.1, -0.05) is 6.07 Å². The number of benzene rings is 1. The van der Waals surface area contributed by atoms with E-state index in [0.29, 0.717) is 11.5 Å². The van der Waals surface area contributed by atoms with Crippen LogP contribution in [0.1, 0.15) is 34.5 Å². The number of hydrogen-bond acceptors (Lipinski definition) is 3. The first kappa shape index (κ1) is 15.7. The van der Waals surface area contributed by atoms with Crippen LogP contribution in [0.15, 0.2) is 36.5 Å². The van der Waals surface area contributed by atoms with Crippen LogP contribution in [0.3, 0.4) is 0 Å². The first-order valence-electron chi connectivity index (χ1n) is 8.72. The largest absolute Gasteiger partial charge is 0.370 e. The fraction of sp³-hybridized carbons (Fsp3) is 0.300. The van der Waals surface area contributed by atoms with Gasteiger partial charge in [0.25, 0.3) is 5.91 Å². The van der Waals surface area contributed by atoms with Crippen molar-refractivity contribution in [3.8, 4) is 0 Å². The van der Waals surface area contributed by atoms with E-state index in [1.807, 2.05) is 24.4 Å². The van der Waals surface area contributed by atoms with Crippen molar-refractivity contribution in [1.29, 1.82) is 0 Å². The van der Waals surface area contributed by atoms with Gasteiger partial charge in [0.15, 0.2) is 0 Å². The van der Waals surface area contributed by atoms with E-state index in [4.69, 9.17) is 0 Å². The minimum absolute atomic E-state index is 0.172. The van der Waals surface area contributed by atoms with Gasteiger partial charge < -0.3 is 15.2 Å². The number of hydrogen-bond donors (Lipinski definition) is 2. The zero-order valence-corrected chi connectivity index (χ0v) is 14.6. The number of rotatable bonds is 3. The number of aromatic nitrogens is 2. The first-order valence-corrected chi connectivity index (χ1v) is 8.72. The summed E-state index contributed by atoms with van der Waals surface area (Å²) in [4.78, 5) is 22.4. The van der Waals surface area contributed by atoms with Crippen molar-refractivity contribution in [3.05, 3.63) is 53.3 Å². The van der Waals surface area contributed by atoms with Crippen LogP contribution in [0, 0.1) is 13.8 Å². The zero-order chi connectivity index (χ0) is 17.4. The third kappa shape index (κ3) is 3.09. The van der Waals surface area contributed by atoms with Gasteiger partial charge in [-0.3, -0.25) is 4.79 Å². The van der Waals surface area contributed by atoms with E-state index in [0.717, 1.165) is 29.7 Å². The Bertz CT molecular complexity index is 921. The highest BCUT2D eigenvalue weighted by Gasteiger charge is 2.14. The Morgan fingerprint density at radius 2 is 1.96 bits per heavy atom. The van der Waals surface area contributed by atoms with Crippen LogP contribution in [-0.2, 0) is 0 Å². The van der Waals surface area contributed by atoms with E-state index in [1.165, 1.54) is 24.0 Å². The van der Waals surface area contributed by atoms with Crippen LogP contribution in [0.2, 0.25) is 0 Å². The molecular weight excluding hydrogens is 312 g/mol. The number of carbonyl (C=O) groups excluding carboxylic acids is 1. The van der Waals surface area contributed by atoms with Gasteiger partial charge in [-0.15, -0.1) is 0 Å². The number of fused-ring (bicyclic) bond motifs is 1. The molecule has 2 aromatic heterocycles. The summed E-state index contributed by atoms with van der Waals surface area (Å²) in [7, 11) is 0. The summed E-state index contributed by atoms with van der Waals surface area (Å²) in [6.07, 6.45) is 4.30. The lowest BCUT2D eigenvalue weighted by Crippen LogP contribution is -2.18.